The van der Waals surface area contributed by atoms with Crippen molar-refractivity contribution >= 4 is 5.69 Å². The molecule has 1 aromatic heterocycles. The van der Waals surface area contributed by atoms with E-state index < -0.39 is 0 Å². The molecule has 0 aliphatic heterocycles. The maximum Gasteiger partial charge on any atom is 0.218 e. The van der Waals surface area contributed by atoms with E-state index in [0.717, 1.165) is 22.5 Å². The number of nitrogens with one attached hydrogen (secondary N) is 1. The molecule has 0 fully saturated rings. The molecule has 3 heteroatoms. The molecule has 3 nitrogen and oxygen atoms in total. The first-order chi connectivity index (χ1) is 11.4. The van der Waals surface area contributed by atoms with E-state index in [1.807, 2.05) is 61.5 Å². The summed E-state index contributed by atoms with van der Waals surface area (Å²) < 4.78 is 5.74. The van der Waals surface area contributed by atoms with Crippen LogP contribution in [-0.2, 0) is 6.54 Å². The molecule has 1 heterocycles. The van der Waals surface area contributed by atoms with Gasteiger partial charge >= 0.3 is 0 Å². The number of para-hydroxylation sites is 1. The van der Waals surface area contributed by atoms with E-state index in [2.05, 4.69) is 28.5 Å². The average molecular weight is 304 g/mol. The standard InChI is InChI=1S/C20H20N2O/c1-2-23-20-17(15-21-18-11-7-4-8-12-18)13-14-19(22-20)16-9-5-3-6-10-16/h3-14,21H,2,15H2,1H3. The molecular formula is C20H20N2O. The molecule has 0 spiro atoms. The Kier molecular flexibility index (Phi) is 4.89. The topological polar surface area (TPSA) is 34.1 Å². The van der Waals surface area contributed by atoms with E-state index in [9.17, 15) is 0 Å². The van der Waals surface area contributed by atoms with Crippen LogP contribution in [0.1, 0.15) is 12.5 Å². The van der Waals surface area contributed by atoms with Crippen LogP contribution in [0.5, 0.6) is 5.88 Å². The predicted octanol–water partition coefficient (Wildman–Crippen LogP) is 4.76. The second-order valence-electron chi connectivity index (χ2n) is 5.18. The summed E-state index contributed by atoms with van der Waals surface area (Å²) >= 11 is 0. The largest absolute Gasteiger partial charge is 0.478 e. The summed E-state index contributed by atoms with van der Waals surface area (Å²) in [6.07, 6.45) is 0. The summed E-state index contributed by atoms with van der Waals surface area (Å²) in [6.45, 7) is 3.26. The molecule has 0 aliphatic carbocycles. The summed E-state index contributed by atoms with van der Waals surface area (Å²) in [5.41, 5.74) is 4.16. The molecule has 0 atom stereocenters. The van der Waals surface area contributed by atoms with Crippen LogP contribution in [0.2, 0.25) is 0 Å². The zero-order chi connectivity index (χ0) is 15.9. The fraction of sp³-hybridized carbons (Fsp3) is 0.150. The van der Waals surface area contributed by atoms with Crippen molar-refractivity contribution in [3.63, 3.8) is 0 Å². The number of hydrogen-bond acceptors (Lipinski definition) is 3. The lowest BCUT2D eigenvalue weighted by Crippen LogP contribution is -2.05. The first-order valence-corrected chi connectivity index (χ1v) is 7.84. The number of pyridine rings is 1. The van der Waals surface area contributed by atoms with Gasteiger partial charge in [0.2, 0.25) is 5.88 Å². The van der Waals surface area contributed by atoms with Crippen molar-refractivity contribution in [3.05, 3.63) is 78.4 Å². The molecule has 0 saturated heterocycles. The Morgan fingerprint density at radius 1 is 0.870 bits per heavy atom. The van der Waals surface area contributed by atoms with Gasteiger partial charge in [0.05, 0.1) is 12.3 Å². The molecule has 0 saturated carbocycles. The van der Waals surface area contributed by atoms with E-state index in [0.29, 0.717) is 19.0 Å². The minimum absolute atomic E-state index is 0.601. The van der Waals surface area contributed by atoms with Gasteiger partial charge in [-0.1, -0.05) is 48.5 Å². The summed E-state index contributed by atoms with van der Waals surface area (Å²) in [6, 6.07) is 24.4. The maximum absolute atomic E-state index is 5.74. The zero-order valence-corrected chi connectivity index (χ0v) is 13.2. The Morgan fingerprint density at radius 3 is 2.26 bits per heavy atom. The lowest BCUT2D eigenvalue weighted by Gasteiger charge is -2.12. The van der Waals surface area contributed by atoms with Crippen LogP contribution in [0.4, 0.5) is 5.69 Å². The molecule has 3 aromatic rings. The van der Waals surface area contributed by atoms with E-state index in [1.54, 1.807) is 0 Å². The Balaban J connectivity index is 1.82. The maximum atomic E-state index is 5.74. The highest BCUT2D eigenvalue weighted by molar-refractivity contribution is 5.60. The molecule has 1 N–H and O–H groups in total. The molecule has 116 valence electrons. The minimum atomic E-state index is 0.601. The molecular weight excluding hydrogens is 284 g/mol. The van der Waals surface area contributed by atoms with Crippen LogP contribution in [0.3, 0.4) is 0 Å². The van der Waals surface area contributed by atoms with E-state index in [4.69, 9.17) is 4.74 Å². The number of ether oxygens (including phenoxy) is 1. The third kappa shape index (κ3) is 3.89. The average Bonchev–Trinajstić information content (AvgIpc) is 2.62. The normalized spacial score (nSPS) is 10.3. The van der Waals surface area contributed by atoms with Gasteiger partial charge in [-0.05, 0) is 31.2 Å². The van der Waals surface area contributed by atoms with Crippen molar-refractivity contribution in [3.8, 4) is 17.1 Å². The van der Waals surface area contributed by atoms with Gasteiger partial charge in [0.15, 0.2) is 0 Å². The second-order valence-corrected chi connectivity index (χ2v) is 5.18. The SMILES string of the molecule is CCOc1nc(-c2ccccc2)ccc1CNc1ccccc1. The predicted molar refractivity (Wildman–Crippen MR) is 94.6 cm³/mol. The van der Waals surface area contributed by atoms with Gasteiger partial charge in [-0.25, -0.2) is 4.98 Å². The molecule has 0 unspecified atom stereocenters. The van der Waals surface area contributed by atoms with Crippen LogP contribution in [0, 0.1) is 0 Å². The van der Waals surface area contributed by atoms with Crippen LogP contribution in [-0.4, -0.2) is 11.6 Å². The Morgan fingerprint density at radius 2 is 1.57 bits per heavy atom. The van der Waals surface area contributed by atoms with E-state index in [1.165, 1.54) is 0 Å². The van der Waals surface area contributed by atoms with Crippen LogP contribution in [0.15, 0.2) is 72.8 Å². The molecule has 0 bridgehead atoms. The van der Waals surface area contributed by atoms with Gasteiger partial charge in [-0.3, -0.25) is 0 Å². The molecule has 3 rings (SSSR count). The first-order valence-electron chi connectivity index (χ1n) is 7.84. The van der Waals surface area contributed by atoms with Gasteiger partial charge in [-0.2, -0.15) is 0 Å². The lowest BCUT2D eigenvalue weighted by atomic mass is 10.1. The molecule has 0 amide bonds. The van der Waals surface area contributed by atoms with Crippen molar-refractivity contribution < 1.29 is 4.74 Å². The molecule has 0 aliphatic rings. The van der Waals surface area contributed by atoms with Gasteiger partial charge in [0, 0.05) is 23.4 Å². The highest BCUT2D eigenvalue weighted by Gasteiger charge is 2.08. The number of rotatable bonds is 6. The minimum Gasteiger partial charge on any atom is -0.478 e. The van der Waals surface area contributed by atoms with E-state index in [-0.39, 0.29) is 0 Å². The molecule has 2 aromatic carbocycles. The third-order valence-corrected chi connectivity index (χ3v) is 3.55. The number of benzene rings is 2. The van der Waals surface area contributed by atoms with Crippen molar-refractivity contribution in [2.45, 2.75) is 13.5 Å². The summed E-state index contributed by atoms with van der Waals surface area (Å²) in [5.74, 6) is 0.692. The van der Waals surface area contributed by atoms with Gasteiger partial charge in [-0.15, -0.1) is 0 Å². The zero-order valence-electron chi connectivity index (χ0n) is 13.2. The van der Waals surface area contributed by atoms with Crippen LogP contribution < -0.4 is 10.1 Å². The number of aromatic nitrogens is 1. The van der Waals surface area contributed by atoms with Gasteiger partial charge < -0.3 is 10.1 Å². The van der Waals surface area contributed by atoms with E-state index >= 15 is 0 Å². The highest BCUT2D eigenvalue weighted by atomic mass is 16.5. The second kappa shape index (κ2) is 7.45. The first kappa shape index (κ1) is 15.1. The Bertz CT molecular complexity index is 742. The fourth-order valence-electron chi connectivity index (χ4n) is 2.39. The number of nitrogens with zero attached hydrogens (tertiary/aromatic N) is 1. The fourth-order valence-corrected chi connectivity index (χ4v) is 2.39. The smallest absolute Gasteiger partial charge is 0.218 e. The van der Waals surface area contributed by atoms with Crippen LogP contribution >= 0.6 is 0 Å². The quantitative estimate of drug-likeness (QED) is 0.713. The van der Waals surface area contributed by atoms with Gasteiger partial charge in [0.1, 0.15) is 0 Å². The van der Waals surface area contributed by atoms with Crippen molar-refractivity contribution in [2.75, 3.05) is 11.9 Å². The van der Waals surface area contributed by atoms with Crippen molar-refractivity contribution in [1.82, 2.24) is 4.98 Å². The third-order valence-electron chi connectivity index (χ3n) is 3.55. The Labute approximate surface area is 137 Å². The molecule has 23 heavy (non-hydrogen) atoms. The van der Waals surface area contributed by atoms with Gasteiger partial charge in [0.25, 0.3) is 0 Å². The highest BCUT2D eigenvalue weighted by Crippen LogP contribution is 2.24. The summed E-state index contributed by atoms with van der Waals surface area (Å²) in [7, 11) is 0. The van der Waals surface area contributed by atoms with Crippen LogP contribution in [0.25, 0.3) is 11.3 Å². The summed E-state index contributed by atoms with van der Waals surface area (Å²) in [4.78, 5) is 4.68. The Hall–Kier alpha value is -2.81. The lowest BCUT2D eigenvalue weighted by molar-refractivity contribution is 0.324. The van der Waals surface area contributed by atoms with Crippen molar-refractivity contribution in [1.29, 1.82) is 0 Å². The molecule has 0 radical (unpaired) electrons. The summed E-state index contributed by atoms with van der Waals surface area (Å²) in [5, 5.41) is 3.40. The number of anilines is 1. The van der Waals surface area contributed by atoms with Crippen molar-refractivity contribution in [2.24, 2.45) is 0 Å². The number of hydrogen-bond donors (Lipinski definition) is 1. The monoisotopic (exact) mass is 304 g/mol.